The summed E-state index contributed by atoms with van der Waals surface area (Å²) in [7, 11) is 1.70. The number of hydrogen-bond acceptors (Lipinski definition) is 3. The first kappa shape index (κ1) is 23.1. The minimum absolute atomic E-state index is 0.0981. The van der Waals surface area contributed by atoms with E-state index in [1.165, 1.54) is 0 Å². The first-order chi connectivity index (χ1) is 16.8. The molecule has 1 aliphatic heterocycles. The van der Waals surface area contributed by atoms with Crippen LogP contribution >= 0.6 is 0 Å². The van der Waals surface area contributed by atoms with E-state index >= 15 is 0 Å². The second-order valence-corrected chi connectivity index (χ2v) is 8.87. The molecule has 2 aromatic heterocycles. The molecule has 1 amide bonds. The maximum absolute atomic E-state index is 14.1. The fourth-order valence-electron chi connectivity index (χ4n) is 5.29. The molecule has 0 saturated carbocycles. The Labute approximate surface area is 201 Å². The lowest BCUT2D eigenvalue weighted by Crippen LogP contribution is -2.47. The van der Waals surface area contributed by atoms with Gasteiger partial charge in [0.15, 0.2) is 17.5 Å². The number of carbonyl (C=O) groups excluding carboxylic acids is 1. The highest BCUT2D eigenvalue weighted by Crippen LogP contribution is 2.41. The normalized spacial score (nSPS) is 17.6. The summed E-state index contributed by atoms with van der Waals surface area (Å²) >= 11 is 0. The molecule has 0 saturated heterocycles. The number of rotatable bonds is 4. The van der Waals surface area contributed by atoms with Crippen molar-refractivity contribution in [3.63, 3.8) is 0 Å². The molecule has 4 aromatic rings. The summed E-state index contributed by atoms with van der Waals surface area (Å²) in [5.74, 6) is -4.08. The first-order valence-electron chi connectivity index (χ1n) is 11.7. The molecular formula is C27H25F3N4O. The van der Waals surface area contributed by atoms with Gasteiger partial charge in [-0.3, -0.25) is 14.5 Å². The average molecular weight is 479 g/mol. The molecule has 35 heavy (non-hydrogen) atoms. The van der Waals surface area contributed by atoms with Gasteiger partial charge in [-0.25, -0.2) is 13.2 Å². The zero-order chi connectivity index (χ0) is 24.9. The highest BCUT2D eigenvalue weighted by Gasteiger charge is 2.40. The summed E-state index contributed by atoms with van der Waals surface area (Å²) in [6, 6.07) is 10.8. The van der Waals surface area contributed by atoms with Gasteiger partial charge in [0.1, 0.15) is 0 Å². The molecule has 5 nitrogen and oxygen atoms in total. The van der Waals surface area contributed by atoms with Crippen LogP contribution < -0.4 is 0 Å². The van der Waals surface area contributed by atoms with Gasteiger partial charge in [0.2, 0.25) is 0 Å². The predicted octanol–water partition coefficient (Wildman–Crippen LogP) is 5.98. The number of carbonyl (C=O) groups is 1. The van der Waals surface area contributed by atoms with Crippen LogP contribution in [0.4, 0.5) is 13.2 Å². The van der Waals surface area contributed by atoms with Gasteiger partial charge in [-0.2, -0.15) is 5.10 Å². The van der Waals surface area contributed by atoms with E-state index in [1.807, 2.05) is 43.0 Å². The Morgan fingerprint density at radius 1 is 1.06 bits per heavy atom. The van der Waals surface area contributed by atoms with Gasteiger partial charge >= 0.3 is 0 Å². The van der Waals surface area contributed by atoms with Crippen molar-refractivity contribution in [2.45, 2.75) is 45.2 Å². The number of nitrogens with zero attached hydrogens (tertiary/aromatic N) is 4. The van der Waals surface area contributed by atoms with E-state index < -0.39 is 17.5 Å². The van der Waals surface area contributed by atoms with Crippen LogP contribution in [0.15, 0.2) is 48.7 Å². The Balaban J connectivity index is 1.64. The fraction of sp³-hybridized carbons (Fsp3) is 0.296. The van der Waals surface area contributed by atoms with Crippen LogP contribution in [0, 0.1) is 17.5 Å². The minimum atomic E-state index is -1.50. The van der Waals surface area contributed by atoms with Gasteiger partial charge in [0.25, 0.3) is 5.91 Å². The van der Waals surface area contributed by atoms with Gasteiger partial charge in [-0.15, -0.1) is 0 Å². The van der Waals surface area contributed by atoms with Crippen LogP contribution in [0.3, 0.4) is 0 Å². The van der Waals surface area contributed by atoms with E-state index in [1.54, 1.807) is 24.0 Å². The maximum Gasteiger partial charge on any atom is 0.255 e. The molecule has 2 unspecified atom stereocenters. The van der Waals surface area contributed by atoms with Crippen molar-refractivity contribution in [3.05, 3.63) is 82.9 Å². The van der Waals surface area contributed by atoms with Crippen LogP contribution in [-0.2, 0) is 13.5 Å². The number of para-hydroxylation sites is 1. The zero-order valence-electron chi connectivity index (χ0n) is 19.7. The zero-order valence-corrected chi connectivity index (χ0v) is 19.7. The molecule has 2 aromatic carbocycles. The molecule has 180 valence electrons. The molecule has 2 atom stereocenters. The Morgan fingerprint density at radius 3 is 2.46 bits per heavy atom. The van der Waals surface area contributed by atoms with Gasteiger partial charge in [0.05, 0.1) is 28.5 Å². The molecule has 0 bridgehead atoms. The van der Waals surface area contributed by atoms with Gasteiger partial charge in [-0.05, 0) is 43.5 Å². The smallest absolute Gasteiger partial charge is 0.255 e. The van der Waals surface area contributed by atoms with Gasteiger partial charge in [0, 0.05) is 35.8 Å². The number of amides is 1. The average Bonchev–Trinajstić information content (AvgIpc) is 3.20. The summed E-state index contributed by atoms with van der Waals surface area (Å²) < 4.78 is 43.3. The van der Waals surface area contributed by atoms with Crippen LogP contribution in [0.2, 0.25) is 0 Å². The summed E-state index contributed by atoms with van der Waals surface area (Å²) in [4.78, 5) is 20.2. The van der Waals surface area contributed by atoms with E-state index in [-0.39, 0.29) is 23.6 Å². The van der Waals surface area contributed by atoms with E-state index in [0.29, 0.717) is 36.2 Å². The maximum atomic E-state index is 14.1. The van der Waals surface area contributed by atoms with Crippen molar-refractivity contribution in [3.8, 4) is 11.3 Å². The monoisotopic (exact) mass is 478 g/mol. The number of halogens is 3. The molecule has 3 heterocycles. The Kier molecular flexibility index (Phi) is 5.83. The standard InChI is InChI=1S/C27H25F3N4O/c1-4-16-14-19-25(32-33(3)26(19)15-12-20(28)24(30)21(29)13-15)23(5-2)34(16)27(35)18-10-11-31-22-9-7-6-8-17(18)22/h6-13,16,23H,4-5,14H2,1-3H3. The Hall–Kier alpha value is -3.68. The highest BCUT2D eigenvalue weighted by molar-refractivity contribution is 6.06. The predicted molar refractivity (Wildman–Crippen MR) is 127 cm³/mol. The van der Waals surface area contributed by atoms with Crippen molar-refractivity contribution in [1.82, 2.24) is 19.7 Å². The lowest BCUT2D eigenvalue weighted by Gasteiger charge is -2.41. The second kappa shape index (κ2) is 8.83. The first-order valence-corrected chi connectivity index (χ1v) is 11.7. The number of hydrogen-bond donors (Lipinski definition) is 0. The van der Waals surface area contributed by atoms with E-state index in [9.17, 15) is 18.0 Å². The summed E-state index contributed by atoms with van der Waals surface area (Å²) in [5, 5.41) is 5.48. The van der Waals surface area contributed by atoms with Crippen LogP contribution in [0.5, 0.6) is 0 Å². The summed E-state index contributed by atoms with van der Waals surface area (Å²) in [5.41, 5.74) is 3.62. The molecule has 0 N–H and O–H groups in total. The molecule has 0 spiro atoms. The molecular weight excluding hydrogens is 453 g/mol. The van der Waals surface area contributed by atoms with Crippen LogP contribution in [0.1, 0.15) is 54.3 Å². The van der Waals surface area contributed by atoms with Crippen LogP contribution in [0.25, 0.3) is 22.2 Å². The third kappa shape index (κ3) is 3.68. The molecule has 0 aliphatic carbocycles. The van der Waals surface area contributed by atoms with Crippen molar-refractivity contribution in [2.75, 3.05) is 0 Å². The molecule has 5 rings (SSSR count). The molecule has 8 heteroatoms. The van der Waals surface area contributed by atoms with Gasteiger partial charge in [-0.1, -0.05) is 32.0 Å². The Morgan fingerprint density at radius 2 is 1.77 bits per heavy atom. The third-order valence-electron chi connectivity index (χ3n) is 6.89. The Bertz CT molecular complexity index is 1420. The van der Waals surface area contributed by atoms with Crippen molar-refractivity contribution < 1.29 is 18.0 Å². The molecule has 0 fully saturated rings. The summed E-state index contributed by atoms with van der Waals surface area (Å²) in [6.45, 7) is 4.00. The summed E-state index contributed by atoms with van der Waals surface area (Å²) in [6.07, 6.45) is 3.41. The van der Waals surface area contributed by atoms with Crippen molar-refractivity contribution in [1.29, 1.82) is 0 Å². The van der Waals surface area contributed by atoms with Gasteiger partial charge < -0.3 is 4.90 Å². The quantitative estimate of drug-likeness (QED) is 0.339. The lowest BCUT2D eigenvalue weighted by molar-refractivity contribution is 0.0515. The van der Waals surface area contributed by atoms with Crippen molar-refractivity contribution >= 4 is 16.8 Å². The number of fused-ring (bicyclic) bond motifs is 2. The minimum Gasteiger partial charge on any atom is -0.327 e. The lowest BCUT2D eigenvalue weighted by atomic mass is 9.87. The number of benzene rings is 2. The van der Waals surface area contributed by atoms with E-state index in [0.717, 1.165) is 28.6 Å². The number of aryl methyl sites for hydroxylation is 1. The molecule has 0 radical (unpaired) electrons. The number of pyridine rings is 1. The van der Waals surface area contributed by atoms with Crippen LogP contribution in [-0.4, -0.2) is 31.6 Å². The molecule has 1 aliphatic rings. The van der Waals surface area contributed by atoms with E-state index in [4.69, 9.17) is 5.10 Å². The fourth-order valence-corrected chi connectivity index (χ4v) is 5.29. The largest absolute Gasteiger partial charge is 0.327 e. The topological polar surface area (TPSA) is 51.0 Å². The highest BCUT2D eigenvalue weighted by atomic mass is 19.2. The number of aromatic nitrogens is 3. The SMILES string of the molecule is CCC1Cc2c(nn(C)c2-c2cc(F)c(F)c(F)c2)C(CC)N1C(=O)c1ccnc2ccccc12. The van der Waals surface area contributed by atoms with E-state index in [2.05, 4.69) is 4.98 Å². The second-order valence-electron chi connectivity index (χ2n) is 8.87. The van der Waals surface area contributed by atoms with Crippen molar-refractivity contribution in [2.24, 2.45) is 7.05 Å². The third-order valence-corrected chi connectivity index (χ3v) is 6.89.